The molecule has 168 valence electrons. The fraction of sp³-hybridized carbons (Fsp3) is 0.250. The highest BCUT2D eigenvalue weighted by Crippen LogP contribution is 2.38. The Morgan fingerprint density at radius 3 is 2.79 bits per heavy atom. The molecule has 2 aromatic carbocycles. The monoisotopic (exact) mass is 458 g/mol. The third-order valence-corrected chi connectivity index (χ3v) is 6.58. The molecule has 0 bridgehead atoms. The van der Waals surface area contributed by atoms with E-state index in [2.05, 4.69) is 46.3 Å². The lowest BCUT2D eigenvalue weighted by Crippen LogP contribution is -2.29. The van der Waals surface area contributed by atoms with Crippen molar-refractivity contribution in [2.45, 2.75) is 19.4 Å². The van der Waals surface area contributed by atoms with Crippen LogP contribution in [0.25, 0.3) is 11.1 Å². The number of benzene rings is 2. The normalized spacial score (nSPS) is 16.9. The van der Waals surface area contributed by atoms with Gasteiger partial charge in [0.25, 0.3) is 0 Å². The Bertz CT molecular complexity index is 1200. The molecule has 0 radical (unpaired) electrons. The average molecular weight is 459 g/mol. The van der Waals surface area contributed by atoms with Crippen molar-refractivity contribution in [3.8, 4) is 11.5 Å². The summed E-state index contributed by atoms with van der Waals surface area (Å²) in [4.78, 5) is 7.07. The minimum absolute atomic E-state index is 0.469. The highest BCUT2D eigenvalue weighted by atomic mass is 35.5. The van der Waals surface area contributed by atoms with E-state index in [9.17, 15) is 0 Å². The van der Waals surface area contributed by atoms with Gasteiger partial charge in [-0.25, -0.2) is 0 Å². The molecule has 5 rings (SSSR count). The van der Waals surface area contributed by atoms with Crippen molar-refractivity contribution < 1.29 is 9.47 Å². The van der Waals surface area contributed by atoms with Crippen LogP contribution in [0.5, 0.6) is 11.5 Å². The molecule has 33 heavy (non-hydrogen) atoms. The van der Waals surface area contributed by atoms with Crippen LogP contribution in [0.1, 0.15) is 35.2 Å². The van der Waals surface area contributed by atoms with E-state index in [0.717, 1.165) is 65.8 Å². The second-order valence-electron chi connectivity index (χ2n) is 8.34. The minimum Gasteiger partial charge on any atom is -0.497 e. The van der Waals surface area contributed by atoms with Gasteiger partial charge in [0, 0.05) is 42.0 Å². The molecule has 3 aromatic rings. The van der Waals surface area contributed by atoms with Crippen LogP contribution < -0.4 is 9.47 Å². The third-order valence-electron chi connectivity index (χ3n) is 6.32. The molecule has 1 aromatic heterocycles. The summed E-state index contributed by atoms with van der Waals surface area (Å²) in [6, 6.07) is 18.3. The molecule has 2 aliphatic rings. The number of ether oxygens (including phenoxy) is 2. The summed E-state index contributed by atoms with van der Waals surface area (Å²) in [5.41, 5.74) is 7.00. The van der Waals surface area contributed by atoms with E-state index < -0.39 is 0 Å². The largest absolute Gasteiger partial charge is 0.497 e. The van der Waals surface area contributed by atoms with Crippen LogP contribution in [0.2, 0.25) is 5.02 Å². The maximum Gasteiger partial charge on any atom is 0.131 e. The molecule has 3 heterocycles. The van der Waals surface area contributed by atoms with Gasteiger partial charge in [0.05, 0.1) is 12.8 Å². The lowest BCUT2D eigenvalue weighted by atomic mass is 9.95. The fourth-order valence-electron chi connectivity index (χ4n) is 4.51. The van der Waals surface area contributed by atoms with Gasteiger partial charge in [-0.15, -0.1) is 0 Å². The summed E-state index contributed by atoms with van der Waals surface area (Å²) in [5.74, 6) is 1.69. The van der Waals surface area contributed by atoms with Crippen molar-refractivity contribution in [2.24, 2.45) is 0 Å². The van der Waals surface area contributed by atoms with Crippen LogP contribution in [0, 0.1) is 0 Å². The van der Waals surface area contributed by atoms with Gasteiger partial charge in [-0.1, -0.05) is 42.0 Å². The molecule has 0 aliphatic carbocycles. The topological polar surface area (TPSA) is 34.6 Å². The van der Waals surface area contributed by atoms with Crippen LogP contribution in [0.15, 0.2) is 72.9 Å². The smallest absolute Gasteiger partial charge is 0.131 e. The Balaban J connectivity index is 1.34. The van der Waals surface area contributed by atoms with Gasteiger partial charge in [0.15, 0.2) is 0 Å². The Morgan fingerprint density at radius 2 is 2.00 bits per heavy atom. The molecule has 0 unspecified atom stereocenters. The van der Waals surface area contributed by atoms with Gasteiger partial charge in [0.2, 0.25) is 0 Å². The number of nitrogens with zero attached hydrogens (tertiary/aromatic N) is 2. The molecule has 4 nitrogen and oxygen atoms in total. The van der Waals surface area contributed by atoms with Crippen molar-refractivity contribution in [2.75, 3.05) is 26.7 Å². The molecule has 0 saturated carbocycles. The van der Waals surface area contributed by atoms with Crippen molar-refractivity contribution in [1.29, 1.82) is 0 Å². The van der Waals surface area contributed by atoms with Crippen molar-refractivity contribution >= 4 is 22.7 Å². The molecule has 0 amide bonds. The zero-order chi connectivity index (χ0) is 22.6. The van der Waals surface area contributed by atoms with Crippen molar-refractivity contribution in [3.05, 3.63) is 100 Å². The molecule has 0 N–H and O–H groups in total. The Hall–Kier alpha value is -3.08. The summed E-state index contributed by atoms with van der Waals surface area (Å²) >= 11 is 6.03. The molecular formula is C28H27ClN2O2. The predicted octanol–water partition coefficient (Wildman–Crippen LogP) is 6.25. The maximum atomic E-state index is 6.08. The minimum atomic E-state index is 0.469. The van der Waals surface area contributed by atoms with Crippen LogP contribution >= 0.6 is 11.6 Å². The molecule has 2 aliphatic heterocycles. The SMILES string of the molecule is COc1ccc2c(c1)C(=CCCN1CC=C(c3ccc(Cl)cc3)CC1)c1cccnc1CO2. The first-order valence-electron chi connectivity index (χ1n) is 11.3. The van der Waals surface area contributed by atoms with Gasteiger partial charge < -0.3 is 9.47 Å². The summed E-state index contributed by atoms with van der Waals surface area (Å²) in [6.45, 7) is 3.50. The van der Waals surface area contributed by atoms with E-state index in [1.165, 1.54) is 16.7 Å². The number of pyridine rings is 1. The molecule has 0 saturated heterocycles. The van der Waals surface area contributed by atoms with Gasteiger partial charge in [0.1, 0.15) is 18.1 Å². The Labute approximate surface area is 200 Å². The number of methoxy groups -OCH3 is 1. The van der Waals surface area contributed by atoms with Crippen LogP contribution in [-0.2, 0) is 6.61 Å². The van der Waals surface area contributed by atoms with E-state index in [1.807, 2.05) is 36.5 Å². The van der Waals surface area contributed by atoms with E-state index in [1.54, 1.807) is 7.11 Å². The van der Waals surface area contributed by atoms with Crippen LogP contribution in [0.3, 0.4) is 0 Å². The first kappa shape index (κ1) is 21.7. The Kier molecular flexibility index (Phi) is 6.47. The Morgan fingerprint density at radius 1 is 1.12 bits per heavy atom. The summed E-state index contributed by atoms with van der Waals surface area (Å²) in [5, 5.41) is 0.782. The average Bonchev–Trinajstić information content (AvgIpc) is 3.02. The standard InChI is InChI=1S/C28H27ClN2O2/c1-32-23-10-11-28-26(18-23)24(25-4-2-14-30-27(25)19-33-28)5-3-15-31-16-12-21(13-17-31)20-6-8-22(29)9-7-20/h2,4-12,14,18H,3,13,15-17,19H2,1H3. The van der Waals surface area contributed by atoms with Crippen LogP contribution in [0.4, 0.5) is 0 Å². The van der Waals surface area contributed by atoms with Crippen molar-refractivity contribution in [1.82, 2.24) is 9.88 Å². The predicted molar refractivity (Wildman–Crippen MR) is 134 cm³/mol. The van der Waals surface area contributed by atoms with Gasteiger partial charge in [-0.05, 0) is 65.9 Å². The van der Waals surface area contributed by atoms with E-state index in [4.69, 9.17) is 21.1 Å². The number of fused-ring (bicyclic) bond motifs is 2. The van der Waals surface area contributed by atoms with E-state index >= 15 is 0 Å². The zero-order valence-electron chi connectivity index (χ0n) is 18.8. The fourth-order valence-corrected chi connectivity index (χ4v) is 4.64. The second-order valence-corrected chi connectivity index (χ2v) is 8.78. The maximum absolute atomic E-state index is 6.08. The van der Waals surface area contributed by atoms with Crippen LogP contribution in [-0.4, -0.2) is 36.6 Å². The number of halogens is 1. The summed E-state index contributed by atoms with van der Waals surface area (Å²) < 4.78 is 11.6. The second kappa shape index (κ2) is 9.82. The lowest BCUT2D eigenvalue weighted by molar-refractivity contribution is 0.301. The molecular weight excluding hydrogens is 432 g/mol. The van der Waals surface area contributed by atoms with E-state index in [-0.39, 0.29) is 0 Å². The van der Waals surface area contributed by atoms with Gasteiger partial charge >= 0.3 is 0 Å². The summed E-state index contributed by atoms with van der Waals surface area (Å²) in [7, 11) is 1.69. The molecule has 5 heteroatoms. The van der Waals surface area contributed by atoms with Gasteiger partial charge in [-0.2, -0.15) is 0 Å². The third kappa shape index (κ3) is 4.82. The number of hydrogen-bond donors (Lipinski definition) is 0. The summed E-state index contributed by atoms with van der Waals surface area (Å²) in [6.07, 6.45) is 8.50. The lowest BCUT2D eigenvalue weighted by Gasteiger charge is -2.26. The highest BCUT2D eigenvalue weighted by molar-refractivity contribution is 6.30. The highest BCUT2D eigenvalue weighted by Gasteiger charge is 2.21. The van der Waals surface area contributed by atoms with E-state index in [0.29, 0.717) is 6.61 Å². The number of rotatable bonds is 5. The number of aromatic nitrogens is 1. The van der Waals surface area contributed by atoms with Gasteiger partial charge in [-0.3, -0.25) is 9.88 Å². The first-order valence-corrected chi connectivity index (χ1v) is 11.7. The first-order chi connectivity index (χ1) is 16.2. The molecule has 0 spiro atoms. The zero-order valence-corrected chi connectivity index (χ0v) is 19.5. The molecule has 0 fully saturated rings. The van der Waals surface area contributed by atoms with Crippen molar-refractivity contribution in [3.63, 3.8) is 0 Å². The number of hydrogen-bond acceptors (Lipinski definition) is 4. The molecule has 0 atom stereocenters. The quantitative estimate of drug-likeness (QED) is 0.452.